The molecule has 0 amide bonds. The Morgan fingerprint density at radius 3 is 2.56 bits per heavy atom. The summed E-state index contributed by atoms with van der Waals surface area (Å²) in [5.74, 6) is 0. The van der Waals surface area contributed by atoms with Gasteiger partial charge in [-0.05, 0) is 43.7 Å². The monoisotopic (exact) mass is 354 g/mol. The maximum Gasteiger partial charge on any atom is 0.0994 e. The summed E-state index contributed by atoms with van der Waals surface area (Å²) in [4.78, 5) is 9.53. The van der Waals surface area contributed by atoms with Gasteiger partial charge in [-0.1, -0.05) is 32.0 Å². The van der Waals surface area contributed by atoms with Crippen molar-refractivity contribution in [3.8, 4) is 6.07 Å². The molecule has 2 aromatic carbocycles. The molecule has 0 atom stereocenters. The van der Waals surface area contributed by atoms with E-state index >= 15 is 0 Å². The molecular weight excluding hydrogens is 332 g/mol. The van der Waals surface area contributed by atoms with E-state index in [4.69, 9.17) is 10.7 Å². The number of hydrogen-bond acceptors (Lipinski definition) is 4. The number of benzene rings is 2. The summed E-state index contributed by atoms with van der Waals surface area (Å²) in [6.07, 6.45) is 1.72. The van der Waals surface area contributed by atoms with Crippen LogP contribution >= 0.6 is 0 Å². The van der Waals surface area contributed by atoms with Crippen molar-refractivity contribution >= 4 is 22.3 Å². The van der Waals surface area contributed by atoms with Crippen LogP contribution in [0.1, 0.15) is 49.9 Å². The second kappa shape index (κ2) is 5.65. The van der Waals surface area contributed by atoms with Crippen molar-refractivity contribution in [1.29, 1.82) is 5.26 Å². The largest absolute Gasteiger partial charge is 0.398 e. The molecular formula is C23H22N4. The lowest BCUT2D eigenvalue weighted by Gasteiger charge is -2.44. The minimum atomic E-state index is -0.363. The van der Waals surface area contributed by atoms with Gasteiger partial charge in [-0.15, -0.1) is 0 Å². The highest BCUT2D eigenvalue weighted by atomic mass is 14.9. The Morgan fingerprint density at radius 1 is 1.04 bits per heavy atom. The molecule has 0 saturated carbocycles. The highest BCUT2D eigenvalue weighted by molar-refractivity contribution is 6.16. The molecule has 0 unspecified atom stereocenters. The second-order valence-electron chi connectivity index (χ2n) is 8.12. The number of nitrogens with zero attached hydrogens (tertiary/aromatic N) is 3. The molecule has 1 aromatic heterocycles. The van der Waals surface area contributed by atoms with Crippen molar-refractivity contribution in [2.45, 2.75) is 38.6 Å². The van der Waals surface area contributed by atoms with Crippen LogP contribution in [-0.2, 0) is 5.41 Å². The van der Waals surface area contributed by atoms with E-state index in [-0.39, 0.29) is 11.0 Å². The van der Waals surface area contributed by atoms with E-state index in [0.717, 1.165) is 33.3 Å². The van der Waals surface area contributed by atoms with Crippen LogP contribution in [0.15, 0.2) is 53.7 Å². The molecule has 0 radical (unpaired) electrons. The number of aromatic nitrogens is 1. The van der Waals surface area contributed by atoms with Gasteiger partial charge in [0.15, 0.2) is 0 Å². The number of nitrogen functional groups attached to an aromatic ring is 1. The van der Waals surface area contributed by atoms with E-state index in [9.17, 15) is 5.26 Å². The fraction of sp³-hybridized carbons (Fsp3) is 0.261. The number of nitriles is 1. The number of nitrogens with two attached hydrogens (primary N) is 1. The van der Waals surface area contributed by atoms with E-state index in [2.05, 4.69) is 44.8 Å². The van der Waals surface area contributed by atoms with Crippen molar-refractivity contribution in [2.75, 3.05) is 5.73 Å². The molecule has 4 heteroatoms. The van der Waals surface area contributed by atoms with Gasteiger partial charge in [0.05, 0.1) is 28.4 Å². The highest BCUT2D eigenvalue weighted by Gasteiger charge is 2.45. The van der Waals surface area contributed by atoms with Gasteiger partial charge in [-0.2, -0.15) is 5.26 Å². The van der Waals surface area contributed by atoms with Crippen molar-refractivity contribution in [3.05, 3.63) is 70.9 Å². The lowest BCUT2D eigenvalue weighted by atomic mass is 9.64. The lowest BCUT2D eigenvalue weighted by Crippen LogP contribution is -2.46. The molecule has 4 nitrogen and oxygen atoms in total. The minimum absolute atomic E-state index is 0.268. The van der Waals surface area contributed by atoms with E-state index in [1.54, 1.807) is 6.20 Å². The predicted octanol–water partition coefficient (Wildman–Crippen LogP) is 4.60. The zero-order valence-corrected chi connectivity index (χ0v) is 16.0. The Kier molecular flexibility index (Phi) is 3.61. The van der Waals surface area contributed by atoms with Crippen molar-refractivity contribution < 1.29 is 0 Å². The molecule has 2 heterocycles. The van der Waals surface area contributed by atoms with Crippen LogP contribution in [0.2, 0.25) is 0 Å². The molecule has 0 aliphatic carbocycles. The van der Waals surface area contributed by atoms with Crippen LogP contribution in [0.25, 0.3) is 10.9 Å². The summed E-state index contributed by atoms with van der Waals surface area (Å²) in [5.41, 5.74) is 11.8. The van der Waals surface area contributed by atoms with Crippen LogP contribution in [0.3, 0.4) is 0 Å². The zero-order valence-electron chi connectivity index (χ0n) is 16.0. The fourth-order valence-electron chi connectivity index (χ4n) is 3.84. The first kappa shape index (κ1) is 17.2. The van der Waals surface area contributed by atoms with Crippen LogP contribution in [-0.4, -0.2) is 16.2 Å². The Hall–Kier alpha value is -3.19. The molecule has 1 aliphatic heterocycles. The predicted molar refractivity (Wildman–Crippen MR) is 110 cm³/mol. The van der Waals surface area contributed by atoms with Crippen molar-refractivity contribution in [2.24, 2.45) is 4.99 Å². The maximum atomic E-state index is 9.72. The van der Waals surface area contributed by atoms with E-state index in [0.29, 0.717) is 11.3 Å². The van der Waals surface area contributed by atoms with E-state index < -0.39 is 0 Å². The molecule has 0 saturated heterocycles. The number of fused-ring (bicyclic) bond motifs is 2. The van der Waals surface area contributed by atoms with Gasteiger partial charge in [-0.3, -0.25) is 9.98 Å². The normalized spacial score (nSPS) is 17.1. The molecule has 134 valence electrons. The summed E-state index contributed by atoms with van der Waals surface area (Å²) in [5, 5.41) is 10.6. The van der Waals surface area contributed by atoms with Gasteiger partial charge in [0.25, 0.3) is 0 Å². The SMILES string of the molecule is CC1(C)N=C(c2ccc3nccc(N)c3c2)c2cccc(C#N)c2C1(C)C. The molecule has 3 aromatic rings. The third-order valence-electron chi connectivity index (χ3n) is 6.03. The third-order valence-corrected chi connectivity index (χ3v) is 6.03. The van der Waals surface area contributed by atoms with E-state index in [1.165, 1.54) is 0 Å². The van der Waals surface area contributed by atoms with E-state index in [1.807, 2.05) is 36.4 Å². The fourth-order valence-corrected chi connectivity index (χ4v) is 3.84. The third kappa shape index (κ3) is 2.43. The maximum absolute atomic E-state index is 9.72. The molecule has 0 spiro atoms. The van der Waals surface area contributed by atoms with Gasteiger partial charge >= 0.3 is 0 Å². The van der Waals surface area contributed by atoms with Gasteiger partial charge in [0.1, 0.15) is 0 Å². The Bertz CT molecular complexity index is 1150. The molecule has 27 heavy (non-hydrogen) atoms. The Labute approximate surface area is 159 Å². The van der Waals surface area contributed by atoms with Crippen LogP contribution in [0.5, 0.6) is 0 Å². The Balaban J connectivity index is 2.04. The van der Waals surface area contributed by atoms with Gasteiger partial charge < -0.3 is 5.73 Å². The minimum Gasteiger partial charge on any atom is -0.398 e. The molecule has 2 N–H and O–H groups in total. The van der Waals surface area contributed by atoms with Gasteiger partial charge in [-0.25, -0.2) is 0 Å². The Morgan fingerprint density at radius 2 is 1.81 bits per heavy atom. The van der Waals surface area contributed by atoms with Gasteiger partial charge in [0, 0.05) is 33.8 Å². The summed E-state index contributed by atoms with van der Waals surface area (Å²) in [6, 6.07) is 16.1. The highest BCUT2D eigenvalue weighted by Crippen LogP contribution is 2.45. The molecule has 0 bridgehead atoms. The average molecular weight is 354 g/mol. The number of hydrogen-bond donors (Lipinski definition) is 1. The first-order valence-corrected chi connectivity index (χ1v) is 9.05. The number of aliphatic imine (C=N–C) groups is 1. The van der Waals surface area contributed by atoms with Crippen LogP contribution < -0.4 is 5.73 Å². The summed E-state index contributed by atoms with van der Waals surface area (Å²) in [6.45, 7) is 8.58. The molecule has 0 fully saturated rings. The number of pyridine rings is 1. The topological polar surface area (TPSA) is 75.1 Å². The van der Waals surface area contributed by atoms with Crippen LogP contribution in [0.4, 0.5) is 5.69 Å². The molecule has 1 aliphatic rings. The smallest absolute Gasteiger partial charge is 0.0994 e. The lowest BCUT2D eigenvalue weighted by molar-refractivity contribution is 0.303. The number of rotatable bonds is 1. The van der Waals surface area contributed by atoms with Crippen molar-refractivity contribution in [3.63, 3.8) is 0 Å². The standard InChI is InChI=1S/C23H22N4/c1-22(2)20-15(13-24)6-5-7-16(20)21(27-23(22,3)4)14-8-9-19-17(12-14)18(25)10-11-26-19/h5-12H,1-4H3,(H2,25,26). The first-order chi connectivity index (χ1) is 12.8. The first-order valence-electron chi connectivity index (χ1n) is 9.05. The number of anilines is 1. The summed E-state index contributed by atoms with van der Waals surface area (Å²) >= 11 is 0. The molecule has 4 rings (SSSR count). The van der Waals surface area contributed by atoms with Crippen LogP contribution in [0, 0.1) is 11.3 Å². The van der Waals surface area contributed by atoms with Crippen molar-refractivity contribution in [1.82, 2.24) is 4.98 Å². The second-order valence-corrected chi connectivity index (χ2v) is 8.12. The summed E-state index contributed by atoms with van der Waals surface area (Å²) in [7, 11) is 0. The zero-order chi connectivity index (χ0) is 19.4. The van der Waals surface area contributed by atoms with Gasteiger partial charge in [0.2, 0.25) is 0 Å². The summed E-state index contributed by atoms with van der Waals surface area (Å²) < 4.78 is 0. The average Bonchev–Trinajstić information content (AvgIpc) is 2.64. The quantitative estimate of drug-likeness (QED) is 0.694.